The number of amides is 1. The summed E-state index contributed by atoms with van der Waals surface area (Å²) in [4.78, 5) is 14.8. The fourth-order valence-corrected chi connectivity index (χ4v) is 2.58. The van der Waals surface area contributed by atoms with Gasteiger partial charge in [-0.15, -0.1) is 0 Å². The second-order valence-corrected chi connectivity index (χ2v) is 5.95. The van der Waals surface area contributed by atoms with Crippen LogP contribution in [0.1, 0.15) is 34.5 Å². The summed E-state index contributed by atoms with van der Waals surface area (Å²) < 4.78 is 5.42. The number of hydrazone groups is 1. The number of anilines is 1. The molecule has 0 unspecified atom stereocenters. The molecule has 1 amide bonds. The molecule has 4 N–H and O–H groups in total. The fourth-order valence-electron chi connectivity index (χ4n) is 1.97. The van der Waals surface area contributed by atoms with Crippen molar-refractivity contribution >= 4 is 52.1 Å². The number of aromatic amines is 1. The Morgan fingerprint density at radius 1 is 1.30 bits per heavy atom. The maximum absolute atomic E-state index is 12.2. The number of pyridine rings is 1. The second kappa shape index (κ2) is 6.78. The summed E-state index contributed by atoms with van der Waals surface area (Å²) in [6.07, 6.45) is 0. The van der Waals surface area contributed by atoms with Gasteiger partial charge in [-0.2, -0.15) is 10.1 Å². The van der Waals surface area contributed by atoms with Crippen molar-refractivity contribution in [3.8, 4) is 0 Å². The molecule has 2 aromatic rings. The lowest BCUT2D eigenvalue weighted by Gasteiger charge is -2.03. The third-order valence-corrected chi connectivity index (χ3v) is 4.27. The number of rotatable bonds is 3. The van der Waals surface area contributed by atoms with Crippen molar-refractivity contribution in [2.75, 3.05) is 5.73 Å². The van der Waals surface area contributed by atoms with E-state index in [4.69, 9.17) is 45.0 Å². The Hall–Kier alpha value is -1.76. The summed E-state index contributed by atoms with van der Waals surface area (Å²) in [5.74, 6) is 0.867. The molecule has 0 atom stereocenters. The molecule has 2 heterocycles. The average Bonchev–Trinajstić information content (AvgIpc) is 2.84. The topological polar surface area (TPSA) is 94.8 Å². The molecule has 0 radical (unpaired) electrons. The van der Waals surface area contributed by atoms with E-state index in [0.29, 0.717) is 11.5 Å². The Morgan fingerprint density at radius 2 is 1.96 bits per heavy atom. The van der Waals surface area contributed by atoms with Crippen LogP contribution < -0.4 is 16.1 Å². The first kappa shape index (κ1) is 17.6. The number of H-pyrrole nitrogens is 1. The van der Waals surface area contributed by atoms with Crippen molar-refractivity contribution in [3.05, 3.63) is 44.0 Å². The summed E-state index contributed by atoms with van der Waals surface area (Å²) in [5, 5.41) is 4.07. The van der Waals surface area contributed by atoms with Gasteiger partial charge in [0.15, 0.2) is 0 Å². The molecule has 2 aromatic heterocycles. The lowest BCUT2D eigenvalue weighted by atomic mass is 10.2. The zero-order valence-electron chi connectivity index (χ0n) is 12.6. The Kier molecular flexibility index (Phi) is 5.19. The lowest BCUT2D eigenvalue weighted by molar-refractivity contribution is -0.379. The number of nitrogens with one attached hydrogen (secondary N) is 2. The molecule has 122 valence electrons. The first-order valence-corrected chi connectivity index (χ1v) is 7.63. The largest absolute Gasteiger partial charge is 0.466 e. The normalized spacial score (nSPS) is 11.7. The number of hydrogen-bond donors (Lipinski definition) is 2. The molecular formula is C14H14Cl3N4O2+. The minimum absolute atomic E-state index is 0.0146. The predicted molar refractivity (Wildman–Crippen MR) is 90.3 cm³/mol. The molecule has 0 aromatic carbocycles. The average molecular weight is 377 g/mol. The van der Waals surface area contributed by atoms with Gasteiger partial charge in [-0.1, -0.05) is 23.2 Å². The van der Waals surface area contributed by atoms with E-state index in [2.05, 4.69) is 15.5 Å². The van der Waals surface area contributed by atoms with Crippen molar-refractivity contribution in [2.45, 2.75) is 20.8 Å². The fraction of sp³-hybridized carbons (Fsp3) is 0.214. The molecule has 0 bridgehead atoms. The van der Waals surface area contributed by atoms with Gasteiger partial charge >= 0.3 is 5.91 Å². The van der Waals surface area contributed by atoms with Gasteiger partial charge in [0, 0.05) is 5.56 Å². The Bertz CT molecular complexity index is 815. The van der Waals surface area contributed by atoms with Crippen molar-refractivity contribution in [3.63, 3.8) is 0 Å². The SMILES string of the molecule is C/C(=N\NC(=O)c1[nH+]c(Cl)c(Cl)c(N)c1Cl)c1cc(C)oc1C. The number of nitrogens with zero attached hydrogens (tertiary/aromatic N) is 1. The Labute approximate surface area is 147 Å². The maximum Gasteiger partial charge on any atom is 0.337 e. The Morgan fingerprint density at radius 3 is 2.52 bits per heavy atom. The van der Waals surface area contributed by atoms with Crippen LogP contribution in [0.5, 0.6) is 0 Å². The van der Waals surface area contributed by atoms with Crippen molar-refractivity contribution in [1.82, 2.24) is 5.43 Å². The third kappa shape index (κ3) is 3.60. The highest BCUT2D eigenvalue weighted by Gasteiger charge is 2.26. The summed E-state index contributed by atoms with van der Waals surface area (Å²) in [7, 11) is 0. The number of furan rings is 1. The van der Waals surface area contributed by atoms with Crippen LogP contribution in [0.3, 0.4) is 0 Å². The van der Waals surface area contributed by atoms with Gasteiger partial charge in [0.2, 0.25) is 0 Å². The lowest BCUT2D eigenvalue weighted by Crippen LogP contribution is -2.29. The van der Waals surface area contributed by atoms with Crippen LogP contribution in [0, 0.1) is 13.8 Å². The zero-order chi connectivity index (χ0) is 17.3. The standard InChI is InChI=1S/C14H13Cl3N4O2/c1-5-4-8(7(3)23-5)6(2)20-21-14(22)12-9(15)11(18)10(16)13(17)19-12/h4H,1-3H3,(H2,18,19)(H,21,22)/p+1/b20-6+. The van der Waals surface area contributed by atoms with Crippen LogP contribution in [-0.4, -0.2) is 11.6 Å². The van der Waals surface area contributed by atoms with Gasteiger partial charge in [0.05, 0.1) is 11.4 Å². The van der Waals surface area contributed by atoms with Crippen LogP contribution in [0.4, 0.5) is 5.69 Å². The molecule has 0 spiro atoms. The number of hydrogen-bond acceptors (Lipinski definition) is 4. The predicted octanol–water partition coefficient (Wildman–Crippen LogP) is 3.41. The van der Waals surface area contributed by atoms with Gasteiger partial charge in [-0.3, -0.25) is 4.79 Å². The smallest absolute Gasteiger partial charge is 0.337 e. The highest BCUT2D eigenvalue weighted by molar-refractivity contribution is 6.45. The molecule has 0 fully saturated rings. The van der Waals surface area contributed by atoms with Gasteiger partial charge in [0.25, 0.3) is 10.8 Å². The van der Waals surface area contributed by atoms with Crippen molar-refractivity contribution in [2.24, 2.45) is 5.10 Å². The van der Waals surface area contributed by atoms with E-state index in [9.17, 15) is 4.79 Å². The first-order valence-electron chi connectivity index (χ1n) is 6.49. The highest BCUT2D eigenvalue weighted by Crippen LogP contribution is 2.31. The molecule has 6 nitrogen and oxygen atoms in total. The quantitative estimate of drug-likeness (QED) is 0.488. The number of nitrogens with two attached hydrogens (primary N) is 1. The van der Waals surface area contributed by atoms with Gasteiger partial charge in [-0.25, -0.2) is 5.43 Å². The molecule has 0 saturated heterocycles. The summed E-state index contributed by atoms with van der Waals surface area (Å²) in [6.45, 7) is 5.38. The van der Waals surface area contributed by atoms with E-state index in [1.165, 1.54) is 0 Å². The maximum atomic E-state index is 12.2. The minimum Gasteiger partial charge on any atom is -0.466 e. The van der Waals surface area contributed by atoms with Crippen LogP contribution in [0.2, 0.25) is 15.2 Å². The molecule has 0 saturated carbocycles. The number of aromatic nitrogens is 1. The van der Waals surface area contributed by atoms with Gasteiger partial charge < -0.3 is 10.2 Å². The van der Waals surface area contributed by atoms with Crippen molar-refractivity contribution in [1.29, 1.82) is 0 Å². The highest BCUT2D eigenvalue weighted by atomic mass is 35.5. The van der Waals surface area contributed by atoms with Crippen LogP contribution in [-0.2, 0) is 0 Å². The molecule has 2 rings (SSSR count). The number of carbonyl (C=O) groups is 1. The van der Waals surface area contributed by atoms with E-state index in [1.54, 1.807) is 6.92 Å². The molecule has 0 aliphatic rings. The van der Waals surface area contributed by atoms with E-state index in [-0.39, 0.29) is 26.6 Å². The van der Waals surface area contributed by atoms with E-state index in [0.717, 1.165) is 11.3 Å². The monoisotopic (exact) mass is 375 g/mol. The van der Waals surface area contributed by atoms with E-state index in [1.807, 2.05) is 19.9 Å². The first-order chi connectivity index (χ1) is 10.7. The third-order valence-electron chi connectivity index (χ3n) is 3.10. The number of carbonyl (C=O) groups excluding carboxylic acids is 1. The zero-order valence-corrected chi connectivity index (χ0v) is 14.8. The molecule has 0 aliphatic heterocycles. The van der Waals surface area contributed by atoms with E-state index >= 15 is 0 Å². The van der Waals surface area contributed by atoms with Gasteiger partial charge in [-0.05, 0) is 38.4 Å². The minimum atomic E-state index is -0.600. The van der Waals surface area contributed by atoms with Crippen molar-refractivity contribution < 1.29 is 14.2 Å². The second-order valence-electron chi connectivity index (χ2n) is 4.82. The molecule has 0 aliphatic carbocycles. The number of nitrogen functional groups attached to an aromatic ring is 1. The van der Waals surface area contributed by atoms with E-state index < -0.39 is 5.91 Å². The molecule has 9 heteroatoms. The molecular weight excluding hydrogens is 363 g/mol. The number of aryl methyl sites for hydroxylation is 2. The van der Waals surface area contributed by atoms with Crippen LogP contribution >= 0.6 is 34.8 Å². The summed E-state index contributed by atoms with van der Waals surface area (Å²) in [6, 6.07) is 1.83. The summed E-state index contributed by atoms with van der Waals surface area (Å²) in [5.41, 5.74) is 9.44. The summed E-state index contributed by atoms with van der Waals surface area (Å²) >= 11 is 17.7. The van der Waals surface area contributed by atoms with Crippen LogP contribution in [0.25, 0.3) is 0 Å². The Balaban J connectivity index is 2.26. The van der Waals surface area contributed by atoms with Crippen LogP contribution in [0.15, 0.2) is 15.6 Å². The number of halogens is 3. The van der Waals surface area contributed by atoms with Gasteiger partial charge in [0.1, 0.15) is 21.6 Å². The molecule has 23 heavy (non-hydrogen) atoms.